The number of pyridine rings is 1. The molecule has 6 nitrogen and oxygen atoms in total. The minimum absolute atomic E-state index is 0.0353. The molecule has 3 aromatic rings. The first kappa shape index (κ1) is 20.0. The van der Waals surface area contributed by atoms with Gasteiger partial charge in [-0.1, -0.05) is 25.1 Å². The first-order valence-corrected chi connectivity index (χ1v) is 10.6. The van der Waals surface area contributed by atoms with Gasteiger partial charge >= 0.3 is 0 Å². The van der Waals surface area contributed by atoms with Crippen LogP contribution >= 0.6 is 0 Å². The van der Waals surface area contributed by atoms with E-state index in [4.69, 9.17) is 0 Å². The zero-order valence-corrected chi connectivity index (χ0v) is 16.7. The van der Waals surface area contributed by atoms with Gasteiger partial charge in [0.15, 0.2) is 0 Å². The summed E-state index contributed by atoms with van der Waals surface area (Å²) in [6, 6.07) is 11.8. The number of hydrogen-bond donors (Lipinski definition) is 2. The third-order valence-electron chi connectivity index (χ3n) is 4.89. The Morgan fingerprint density at radius 2 is 1.77 bits per heavy atom. The lowest BCUT2D eigenvalue weighted by Crippen LogP contribution is -2.41. The number of sulfonamides is 1. The van der Waals surface area contributed by atoms with Gasteiger partial charge in [-0.3, -0.25) is 4.98 Å². The van der Waals surface area contributed by atoms with E-state index in [9.17, 15) is 17.2 Å². The summed E-state index contributed by atoms with van der Waals surface area (Å²) in [6.45, 7) is 1.82. The molecule has 0 aliphatic carbocycles. The Bertz CT molecular complexity index is 1230. The number of nitrogens with zero attached hydrogens (tertiary/aromatic N) is 2. The summed E-state index contributed by atoms with van der Waals surface area (Å²) in [4.78, 5) is 8.06. The second-order valence-electron chi connectivity index (χ2n) is 6.83. The van der Waals surface area contributed by atoms with Gasteiger partial charge < -0.3 is 5.32 Å². The molecule has 0 saturated carbocycles. The first-order valence-electron chi connectivity index (χ1n) is 9.17. The number of nitrogens with one attached hydrogen (secondary N) is 2. The molecule has 1 unspecified atom stereocenters. The topological polar surface area (TPSA) is 83.4 Å². The lowest BCUT2D eigenvalue weighted by molar-refractivity contribution is 0.577. The van der Waals surface area contributed by atoms with Crippen molar-refractivity contribution in [1.29, 1.82) is 0 Å². The summed E-state index contributed by atoms with van der Waals surface area (Å²) in [5.74, 6) is -1.90. The molecule has 1 aliphatic rings. The van der Waals surface area contributed by atoms with Gasteiger partial charge in [0.05, 0.1) is 12.2 Å². The van der Waals surface area contributed by atoms with Crippen LogP contribution in [0.5, 0.6) is 0 Å². The Hall–Kier alpha value is -3.33. The largest absolute Gasteiger partial charge is 0.324 e. The van der Waals surface area contributed by atoms with Crippen LogP contribution in [0.4, 0.5) is 14.5 Å². The van der Waals surface area contributed by atoms with Crippen molar-refractivity contribution in [3.8, 4) is 0 Å². The van der Waals surface area contributed by atoms with Crippen molar-refractivity contribution in [2.45, 2.75) is 24.3 Å². The van der Waals surface area contributed by atoms with Gasteiger partial charge in [0.2, 0.25) is 5.96 Å². The fraction of sp³-hybridized carbons (Fsp3) is 0.143. The lowest BCUT2D eigenvalue weighted by Gasteiger charge is -2.26. The van der Waals surface area contributed by atoms with E-state index < -0.39 is 27.6 Å². The molecule has 0 spiro atoms. The Morgan fingerprint density at radius 1 is 1.03 bits per heavy atom. The van der Waals surface area contributed by atoms with E-state index in [0.29, 0.717) is 0 Å². The molecule has 2 aromatic carbocycles. The van der Waals surface area contributed by atoms with E-state index >= 15 is 0 Å². The number of fused-ring (bicyclic) bond motifs is 1. The van der Waals surface area contributed by atoms with E-state index in [2.05, 4.69) is 20.0 Å². The van der Waals surface area contributed by atoms with E-state index in [-0.39, 0.29) is 34.2 Å². The van der Waals surface area contributed by atoms with Crippen LogP contribution in [0, 0.1) is 11.6 Å². The second kappa shape index (κ2) is 7.83. The maximum Gasteiger partial charge on any atom is 0.266 e. The highest BCUT2D eigenvalue weighted by Gasteiger charge is 2.32. The highest BCUT2D eigenvalue weighted by Crippen LogP contribution is 2.38. The summed E-state index contributed by atoms with van der Waals surface area (Å²) >= 11 is 0. The van der Waals surface area contributed by atoms with Crippen LogP contribution in [0.1, 0.15) is 29.5 Å². The van der Waals surface area contributed by atoms with Gasteiger partial charge in [0.25, 0.3) is 10.0 Å². The summed E-state index contributed by atoms with van der Waals surface area (Å²) in [6.07, 6.45) is 3.21. The minimum atomic E-state index is -3.98. The molecule has 9 heteroatoms. The zero-order valence-electron chi connectivity index (χ0n) is 15.9. The van der Waals surface area contributed by atoms with Gasteiger partial charge in [0.1, 0.15) is 16.5 Å². The normalized spacial score (nSPS) is 17.0. The SMILES string of the molecule is CC(c1ccccc1F)c1c(F)ccc2c1NC(=NCc1ccncc1)NS2(=O)=O. The van der Waals surface area contributed by atoms with E-state index in [1.807, 2.05) is 0 Å². The Labute approximate surface area is 172 Å². The smallest absolute Gasteiger partial charge is 0.266 e. The zero-order chi connectivity index (χ0) is 21.3. The number of aliphatic imine (C=N–C) groups is 1. The number of halogens is 2. The van der Waals surface area contributed by atoms with Crippen molar-refractivity contribution < 1.29 is 17.2 Å². The number of rotatable bonds is 4. The van der Waals surface area contributed by atoms with E-state index in [1.54, 1.807) is 49.6 Å². The van der Waals surface area contributed by atoms with Gasteiger partial charge in [-0.05, 0) is 41.5 Å². The van der Waals surface area contributed by atoms with Crippen molar-refractivity contribution in [3.63, 3.8) is 0 Å². The predicted molar refractivity (Wildman–Crippen MR) is 110 cm³/mol. The van der Waals surface area contributed by atoms with Crippen LogP contribution in [0.2, 0.25) is 0 Å². The molecule has 2 N–H and O–H groups in total. The van der Waals surface area contributed by atoms with Gasteiger partial charge in [-0.2, -0.15) is 0 Å². The molecule has 2 heterocycles. The Kier molecular flexibility index (Phi) is 5.21. The first-order chi connectivity index (χ1) is 14.4. The maximum absolute atomic E-state index is 14.9. The number of benzene rings is 2. The number of hydrogen-bond acceptors (Lipinski definition) is 4. The van der Waals surface area contributed by atoms with Crippen LogP contribution < -0.4 is 10.0 Å². The molecule has 1 aliphatic heterocycles. The summed E-state index contributed by atoms with van der Waals surface area (Å²) in [5, 5.41) is 2.88. The Balaban J connectivity index is 1.79. The molecule has 4 rings (SSSR count). The minimum Gasteiger partial charge on any atom is -0.324 e. The molecule has 0 radical (unpaired) electrons. The molecule has 30 heavy (non-hydrogen) atoms. The molecular weight excluding hydrogens is 410 g/mol. The van der Waals surface area contributed by atoms with Gasteiger partial charge in [-0.25, -0.2) is 26.9 Å². The molecule has 0 amide bonds. The van der Waals surface area contributed by atoms with Crippen LogP contribution in [-0.2, 0) is 16.6 Å². The van der Waals surface area contributed by atoms with Crippen LogP contribution in [0.15, 0.2) is 70.8 Å². The molecule has 1 aromatic heterocycles. The monoisotopic (exact) mass is 428 g/mol. The van der Waals surface area contributed by atoms with Crippen LogP contribution in [0.3, 0.4) is 0 Å². The summed E-state index contributed by atoms with van der Waals surface area (Å²) < 4.78 is 57.0. The van der Waals surface area contributed by atoms with Crippen molar-refractivity contribution in [3.05, 3.63) is 89.2 Å². The highest BCUT2D eigenvalue weighted by atomic mass is 32.2. The average Bonchev–Trinajstić information content (AvgIpc) is 2.72. The number of guanidine groups is 1. The van der Waals surface area contributed by atoms with Gasteiger partial charge in [-0.15, -0.1) is 0 Å². The quantitative estimate of drug-likeness (QED) is 0.663. The standard InChI is InChI=1S/C21H18F2N4O2S/c1-13(15-4-2-3-5-16(15)22)19-17(23)6-7-18-20(19)26-21(27-30(18,28)29)25-12-14-8-10-24-11-9-14/h2-11,13H,12H2,1H3,(H2,25,26,27). The molecule has 154 valence electrons. The predicted octanol–water partition coefficient (Wildman–Crippen LogP) is 3.77. The van der Waals surface area contributed by atoms with Crippen molar-refractivity contribution in [2.75, 3.05) is 5.32 Å². The third-order valence-corrected chi connectivity index (χ3v) is 6.27. The second-order valence-corrected chi connectivity index (χ2v) is 8.48. The highest BCUT2D eigenvalue weighted by molar-refractivity contribution is 7.90. The average molecular weight is 428 g/mol. The fourth-order valence-corrected chi connectivity index (χ4v) is 4.55. The molecular formula is C21H18F2N4O2S. The van der Waals surface area contributed by atoms with Crippen molar-refractivity contribution >= 4 is 21.7 Å². The summed E-state index contributed by atoms with van der Waals surface area (Å²) in [7, 11) is -3.98. The van der Waals surface area contributed by atoms with E-state index in [1.165, 1.54) is 12.1 Å². The lowest BCUT2D eigenvalue weighted by atomic mass is 9.91. The van der Waals surface area contributed by atoms with E-state index in [0.717, 1.165) is 11.6 Å². The molecule has 1 atom stereocenters. The van der Waals surface area contributed by atoms with Crippen LogP contribution in [0.25, 0.3) is 0 Å². The molecule has 0 bridgehead atoms. The summed E-state index contributed by atoms with van der Waals surface area (Å²) in [5.41, 5.74) is 1.19. The maximum atomic E-state index is 14.9. The number of anilines is 1. The van der Waals surface area contributed by atoms with Crippen LogP contribution in [-0.4, -0.2) is 19.4 Å². The van der Waals surface area contributed by atoms with Crippen molar-refractivity contribution in [1.82, 2.24) is 9.71 Å². The van der Waals surface area contributed by atoms with Gasteiger partial charge in [0, 0.05) is 23.9 Å². The molecule has 0 saturated heterocycles. The van der Waals surface area contributed by atoms with Crippen molar-refractivity contribution in [2.24, 2.45) is 4.99 Å². The fourth-order valence-electron chi connectivity index (χ4n) is 3.39. The third kappa shape index (κ3) is 3.76. The molecule has 0 fully saturated rings. The number of aromatic nitrogens is 1. The Morgan fingerprint density at radius 3 is 2.50 bits per heavy atom.